The number of rotatable bonds is 4. The van der Waals surface area contributed by atoms with Crippen molar-refractivity contribution >= 4 is 28.7 Å². The average molecular weight is 252 g/mol. The summed E-state index contributed by atoms with van der Waals surface area (Å²) in [4.78, 5) is 16.7. The molecule has 0 fully saturated rings. The Balaban J connectivity index is 2.00. The number of Topliss-reactive ketones (excluding diaryl/α,β-unsaturated/α-hetero) is 1. The lowest BCUT2D eigenvalue weighted by Gasteiger charge is -2.02. The Morgan fingerprint density at radius 1 is 1.31 bits per heavy atom. The molecule has 0 spiro atoms. The molecule has 0 aliphatic rings. The summed E-state index contributed by atoms with van der Waals surface area (Å²) in [6, 6.07) is 7.43. The fourth-order valence-electron chi connectivity index (χ4n) is 1.44. The molecule has 16 heavy (non-hydrogen) atoms. The number of nitrogens with zero attached hydrogens (tertiary/aromatic N) is 1. The highest BCUT2D eigenvalue weighted by Crippen LogP contribution is 2.17. The quantitative estimate of drug-likeness (QED) is 0.836. The third-order valence-electron chi connectivity index (χ3n) is 2.20. The second-order valence-corrected chi connectivity index (χ2v) is 4.83. The molecule has 4 heteroatoms. The van der Waals surface area contributed by atoms with Gasteiger partial charge in [0.05, 0.1) is 5.51 Å². The number of carbonyl (C=O) groups is 1. The van der Waals surface area contributed by atoms with Crippen molar-refractivity contribution in [2.75, 3.05) is 0 Å². The summed E-state index contributed by atoms with van der Waals surface area (Å²) in [7, 11) is 0. The number of hydrogen-bond donors (Lipinski definition) is 0. The van der Waals surface area contributed by atoms with Crippen LogP contribution in [0.4, 0.5) is 0 Å². The van der Waals surface area contributed by atoms with Gasteiger partial charge >= 0.3 is 0 Å². The third-order valence-corrected chi connectivity index (χ3v) is 3.35. The van der Waals surface area contributed by atoms with Crippen LogP contribution in [0, 0.1) is 0 Å². The highest BCUT2D eigenvalue weighted by molar-refractivity contribution is 7.09. The smallest absolute Gasteiger partial charge is 0.142 e. The van der Waals surface area contributed by atoms with Crippen molar-refractivity contribution in [3.8, 4) is 0 Å². The minimum atomic E-state index is 0.164. The van der Waals surface area contributed by atoms with Crippen LogP contribution in [0.1, 0.15) is 10.4 Å². The normalized spacial score (nSPS) is 10.3. The van der Waals surface area contributed by atoms with Crippen molar-refractivity contribution in [3.63, 3.8) is 0 Å². The van der Waals surface area contributed by atoms with Crippen LogP contribution in [0.3, 0.4) is 0 Å². The van der Waals surface area contributed by atoms with Crippen molar-refractivity contribution in [2.24, 2.45) is 0 Å². The van der Waals surface area contributed by atoms with Gasteiger partial charge in [-0.1, -0.05) is 29.8 Å². The van der Waals surface area contributed by atoms with Crippen LogP contribution >= 0.6 is 22.9 Å². The Hall–Kier alpha value is -1.19. The van der Waals surface area contributed by atoms with Gasteiger partial charge in [-0.05, 0) is 11.6 Å². The van der Waals surface area contributed by atoms with E-state index in [0.29, 0.717) is 17.9 Å². The topological polar surface area (TPSA) is 30.0 Å². The summed E-state index contributed by atoms with van der Waals surface area (Å²) in [5.41, 5.74) is 2.62. The first-order valence-corrected chi connectivity index (χ1v) is 6.14. The van der Waals surface area contributed by atoms with E-state index in [1.54, 1.807) is 17.8 Å². The molecule has 1 aromatic heterocycles. The van der Waals surface area contributed by atoms with E-state index in [1.807, 2.05) is 18.2 Å². The van der Waals surface area contributed by atoms with Crippen LogP contribution < -0.4 is 0 Å². The largest absolute Gasteiger partial charge is 0.299 e. The van der Waals surface area contributed by atoms with Gasteiger partial charge < -0.3 is 0 Å². The molecule has 0 bridgehead atoms. The number of aromatic nitrogens is 1. The van der Waals surface area contributed by atoms with Gasteiger partial charge in [0.15, 0.2) is 0 Å². The minimum Gasteiger partial charge on any atom is -0.299 e. The Morgan fingerprint density at radius 3 is 2.81 bits per heavy atom. The summed E-state index contributed by atoms with van der Waals surface area (Å²) in [6.07, 6.45) is 2.56. The van der Waals surface area contributed by atoms with Gasteiger partial charge in [-0.15, -0.1) is 11.3 Å². The zero-order chi connectivity index (χ0) is 11.4. The van der Waals surface area contributed by atoms with Crippen LogP contribution in [0.5, 0.6) is 0 Å². The number of benzene rings is 1. The molecule has 0 unspecified atom stereocenters. The molecule has 2 rings (SSSR count). The summed E-state index contributed by atoms with van der Waals surface area (Å²) in [5, 5.41) is 0.653. The predicted octanol–water partition coefficient (Wildman–Crippen LogP) is 3.15. The van der Waals surface area contributed by atoms with Gasteiger partial charge in [0.1, 0.15) is 5.78 Å². The molecule has 0 atom stereocenters. The maximum absolute atomic E-state index is 11.8. The van der Waals surface area contributed by atoms with Crippen LogP contribution in [0.25, 0.3) is 0 Å². The number of hydrogen-bond acceptors (Lipinski definition) is 3. The monoisotopic (exact) mass is 251 g/mol. The molecule has 1 heterocycles. The molecule has 1 aromatic carbocycles. The van der Waals surface area contributed by atoms with Crippen LogP contribution in [0.2, 0.25) is 5.02 Å². The van der Waals surface area contributed by atoms with Crippen molar-refractivity contribution in [2.45, 2.75) is 12.8 Å². The number of thiazole rings is 1. The van der Waals surface area contributed by atoms with Crippen LogP contribution in [-0.4, -0.2) is 10.8 Å². The van der Waals surface area contributed by atoms with E-state index in [2.05, 4.69) is 4.98 Å². The Labute approximate surface area is 103 Å². The Kier molecular flexibility index (Phi) is 3.70. The van der Waals surface area contributed by atoms with Gasteiger partial charge in [0.25, 0.3) is 0 Å². The SMILES string of the molecule is O=C(Cc1cncs1)Cc1ccccc1Cl. The molecule has 2 nitrogen and oxygen atoms in total. The molecule has 0 saturated heterocycles. The first-order chi connectivity index (χ1) is 7.75. The Morgan fingerprint density at radius 2 is 2.12 bits per heavy atom. The number of halogens is 1. The molecule has 0 amide bonds. The van der Waals surface area contributed by atoms with Crippen LogP contribution in [0.15, 0.2) is 36.0 Å². The first kappa shape index (κ1) is 11.3. The van der Waals surface area contributed by atoms with Gasteiger partial charge in [0.2, 0.25) is 0 Å². The highest BCUT2D eigenvalue weighted by Gasteiger charge is 2.08. The van der Waals surface area contributed by atoms with Gasteiger partial charge in [-0.3, -0.25) is 9.78 Å². The molecular weight excluding hydrogens is 242 g/mol. The third kappa shape index (κ3) is 2.90. The fourth-order valence-corrected chi connectivity index (χ4v) is 2.27. The van der Waals surface area contributed by atoms with E-state index in [0.717, 1.165) is 10.4 Å². The molecule has 0 aliphatic carbocycles. The van der Waals surface area contributed by atoms with Crippen LogP contribution in [-0.2, 0) is 17.6 Å². The average Bonchev–Trinajstić information content (AvgIpc) is 2.74. The molecule has 2 aromatic rings. The van der Waals surface area contributed by atoms with E-state index in [9.17, 15) is 4.79 Å². The van der Waals surface area contributed by atoms with Gasteiger partial charge in [-0.25, -0.2) is 0 Å². The zero-order valence-corrected chi connectivity index (χ0v) is 10.1. The van der Waals surface area contributed by atoms with Crippen molar-refractivity contribution < 1.29 is 4.79 Å². The number of carbonyl (C=O) groups excluding carboxylic acids is 1. The second-order valence-electron chi connectivity index (χ2n) is 3.45. The maximum atomic E-state index is 11.8. The molecule has 82 valence electrons. The fraction of sp³-hybridized carbons (Fsp3) is 0.167. The molecule has 0 N–H and O–H groups in total. The maximum Gasteiger partial charge on any atom is 0.142 e. The van der Waals surface area contributed by atoms with E-state index in [1.165, 1.54) is 11.3 Å². The lowest BCUT2D eigenvalue weighted by Crippen LogP contribution is -2.05. The first-order valence-electron chi connectivity index (χ1n) is 4.88. The van der Waals surface area contributed by atoms with E-state index >= 15 is 0 Å². The van der Waals surface area contributed by atoms with E-state index < -0.39 is 0 Å². The summed E-state index contributed by atoms with van der Waals surface area (Å²) in [6.45, 7) is 0. The lowest BCUT2D eigenvalue weighted by molar-refractivity contribution is -0.117. The second kappa shape index (κ2) is 5.23. The summed E-state index contributed by atoms with van der Waals surface area (Å²) >= 11 is 7.49. The lowest BCUT2D eigenvalue weighted by atomic mass is 10.1. The zero-order valence-electron chi connectivity index (χ0n) is 8.52. The van der Waals surface area contributed by atoms with Crippen molar-refractivity contribution in [1.29, 1.82) is 0 Å². The van der Waals surface area contributed by atoms with Crippen molar-refractivity contribution in [1.82, 2.24) is 4.98 Å². The van der Waals surface area contributed by atoms with Gasteiger partial charge in [0, 0.05) is 28.9 Å². The minimum absolute atomic E-state index is 0.164. The molecular formula is C12H10ClNOS. The predicted molar refractivity (Wildman–Crippen MR) is 66.0 cm³/mol. The highest BCUT2D eigenvalue weighted by atomic mass is 35.5. The summed E-state index contributed by atoms with van der Waals surface area (Å²) < 4.78 is 0. The van der Waals surface area contributed by atoms with Crippen molar-refractivity contribution in [3.05, 3.63) is 51.4 Å². The van der Waals surface area contributed by atoms with Gasteiger partial charge in [-0.2, -0.15) is 0 Å². The van der Waals surface area contributed by atoms with E-state index in [4.69, 9.17) is 11.6 Å². The standard InChI is InChI=1S/C12H10ClNOS/c13-12-4-2-1-3-9(12)5-10(15)6-11-7-14-8-16-11/h1-4,7-8H,5-6H2. The Bertz CT molecular complexity index is 482. The van der Waals surface area contributed by atoms with E-state index in [-0.39, 0.29) is 5.78 Å². The number of ketones is 1. The molecule has 0 saturated carbocycles. The molecule has 0 aliphatic heterocycles. The summed E-state index contributed by atoms with van der Waals surface area (Å²) in [5.74, 6) is 0.164. The molecule has 0 radical (unpaired) electrons.